The van der Waals surface area contributed by atoms with Crippen molar-refractivity contribution in [1.82, 2.24) is 0 Å². The summed E-state index contributed by atoms with van der Waals surface area (Å²) in [6.45, 7) is 0. The number of hydrogen-bond donors (Lipinski definition) is 0. The van der Waals surface area contributed by atoms with Crippen molar-refractivity contribution in [3.63, 3.8) is 0 Å². The molecule has 2 aromatic rings. The van der Waals surface area contributed by atoms with E-state index in [-0.39, 0.29) is 6.07 Å². The Morgan fingerprint density at radius 3 is 2.44 bits per heavy atom. The molecule has 0 aliphatic carbocycles. The van der Waals surface area contributed by atoms with Crippen molar-refractivity contribution in [3.8, 4) is 0 Å². The summed E-state index contributed by atoms with van der Waals surface area (Å²) in [5.74, 6) is -0.399. The standard InChI is InChI=1S/C14H11ClO2S/c15-10-17-14(16)12-8-4-5-9-13(12)18-11-6-2-1-3-7-11/h1-9H,10H2. The summed E-state index contributed by atoms with van der Waals surface area (Å²) >= 11 is 6.93. The highest BCUT2D eigenvalue weighted by atomic mass is 35.5. The molecule has 0 radical (unpaired) electrons. The third kappa shape index (κ3) is 3.28. The summed E-state index contributed by atoms with van der Waals surface area (Å²) in [6.07, 6.45) is 0. The molecule has 0 aliphatic rings. The van der Waals surface area contributed by atoms with Gasteiger partial charge in [0.1, 0.15) is 0 Å². The van der Waals surface area contributed by atoms with Crippen LogP contribution in [0.25, 0.3) is 0 Å². The van der Waals surface area contributed by atoms with E-state index in [9.17, 15) is 4.79 Å². The summed E-state index contributed by atoms with van der Waals surface area (Å²) in [4.78, 5) is 13.7. The van der Waals surface area contributed by atoms with Crippen LogP contribution in [0.2, 0.25) is 0 Å². The fourth-order valence-electron chi connectivity index (χ4n) is 1.47. The van der Waals surface area contributed by atoms with Gasteiger partial charge in [0.05, 0.1) is 5.56 Å². The Balaban J connectivity index is 2.25. The molecule has 2 aromatic carbocycles. The van der Waals surface area contributed by atoms with Crippen LogP contribution >= 0.6 is 23.4 Å². The lowest BCUT2D eigenvalue weighted by Crippen LogP contribution is -2.04. The van der Waals surface area contributed by atoms with Crippen LogP contribution in [-0.2, 0) is 4.74 Å². The first kappa shape index (κ1) is 13.0. The molecular formula is C14H11ClO2S. The van der Waals surface area contributed by atoms with E-state index in [4.69, 9.17) is 16.3 Å². The van der Waals surface area contributed by atoms with Crippen LogP contribution in [0.3, 0.4) is 0 Å². The van der Waals surface area contributed by atoms with Gasteiger partial charge in [0.25, 0.3) is 0 Å². The van der Waals surface area contributed by atoms with Gasteiger partial charge in [0.2, 0.25) is 0 Å². The lowest BCUT2D eigenvalue weighted by Gasteiger charge is -2.07. The molecule has 0 amide bonds. The molecule has 0 atom stereocenters. The predicted octanol–water partition coefficient (Wildman–Crippen LogP) is 4.19. The number of carbonyl (C=O) groups excluding carboxylic acids is 1. The van der Waals surface area contributed by atoms with Gasteiger partial charge >= 0.3 is 5.97 Å². The molecule has 0 heterocycles. The minimum absolute atomic E-state index is 0.136. The van der Waals surface area contributed by atoms with Gasteiger partial charge in [-0.25, -0.2) is 4.79 Å². The number of alkyl halides is 1. The average Bonchev–Trinajstić information content (AvgIpc) is 2.41. The Labute approximate surface area is 115 Å². The maximum absolute atomic E-state index is 11.7. The summed E-state index contributed by atoms with van der Waals surface area (Å²) in [5.41, 5.74) is 0.534. The van der Waals surface area contributed by atoms with E-state index < -0.39 is 5.97 Å². The van der Waals surface area contributed by atoms with Gasteiger partial charge in [0.15, 0.2) is 6.07 Å². The smallest absolute Gasteiger partial charge is 0.340 e. The molecule has 18 heavy (non-hydrogen) atoms. The van der Waals surface area contributed by atoms with Crippen LogP contribution in [0.15, 0.2) is 64.4 Å². The SMILES string of the molecule is O=C(OCCl)c1ccccc1Sc1ccccc1. The Morgan fingerprint density at radius 2 is 1.72 bits per heavy atom. The van der Waals surface area contributed by atoms with Crippen molar-refractivity contribution < 1.29 is 9.53 Å². The van der Waals surface area contributed by atoms with Crippen molar-refractivity contribution in [2.24, 2.45) is 0 Å². The topological polar surface area (TPSA) is 26.3 Å². The largest absolute Gasteiger partial charge is 0.446 e. The van der Waals surface area contributed by atoms with Crippen LogP contribution in [0.1, 0.15) is 10.4 Å². The molecule has 0 aromatic heterocycles. The maximum atomic E-state index is 11.7. The number of ether oxygens (including phenoxy) is 1. The van der Waals surface area contributed by atoms with Gasteiger partial charge in [-0.2, -0.15) is 0 Å². The second-order valence-corrected chi connectivity index (χ2v) is 4.79. The Hall–Kier alpha value is -1.45. The molecule has 2 rings (SSSR count). The van der Waals surface area contributed by atoms with E-state index in [0.717, 1.165) is 9.79 Å². The van der Waals surface area contributed by atoms with E-state index in [1.807, 2.05) is 42.5 Å². The molecule has 4 heteroatoms. The number of esters is 1. The number of halogens is 1. The first-order chi connectivity index (χ1) is 8.81. The molecule has 0 spiro atoms. The Kier molecular flexibility index (Phi) is 4.67. The molecule has 0 fully saturated rings. The number of rotatable bonds is 4. The van der Waals surface area contributed by atoms with E-state index in [1.165, 1.54) is 11.8 Å². The molecule has 0 bridgehead atoms. The van der Waals surface area contributed by atoms with Gasteiger partial charge in [-0.1, -0.05) is 53.7 Å². The number of carbonyl (C=O) groups is 1. The van der Waals surface area contributed by atoms with Crippen LogP contribution in [0.5, 0.6) is 0 Å². The van der Waals surface area contributed by atoms with Crippen LogP contribution in [0, 0.1) is 0 Å². The maximum Gasteiger partial charge on any atom is 0.340 e. The number of benzene rings is 2. The van der Waals surface area contributed by atoms with Crippen molar-refractivity contribution in [2.75, 3.05) is 6.07 Å². The second-order valence-electron chi connectivity index (χ2n) is 3.45. The normalized spacial score (nSPS) is 10.1. The zero-order valence-electron chi connectivity index (χ0n) is 9.51. The van der Waals surface area contributed by atoms with E-state index in [2.05, 4.69) is 0 Å². The third-order valence-electron chi connectivity index (χ3n) is 2.26. The fourth-order valence-corrected chi connectivity index (χ4v) is 2.52. The quantitative estimate of drug-likeness (QED) is 0.620. The van der Waals surface area contributed by atoms with Gasteiger partial charge in [0, 0.05) is 9.79 Å². The van der Waals surface area contributed by atoms with Crippen LogP contribution < -0.4 is 0 Å². The van der Waals surface area contributed by atoms with Crippen molar-refractivity contribution >= 4 is 29.3 Å². The summed E-state index contributed by atoms with van der Waals surface area (Å²) in [6, 6.07) is 17.1. The second kappa shape index (κ2) is 6.47. The lowest BCUT2D eigenvalue weighted by molar-refractivity contribution is 0.0570. The zero-order valence-corrected chi connectivity index (χ0v) is 11.1. The average molecular weight is 279 g/mol. The van der Waals surface area contributed by atoms with Crippen LogP contribution in [0.4, 0.5) is 0 Å². The minimum atomic E-state index is -0.399. The molecule has 0 saturated heterocycles. The van der Waals surface area contributed by atoms with Gasteiger partial charge in [-0.15, -0.1) is 0 Å². The Bertz CT molecular complexity index is 528. The zero-order chi connectivity index (χ0) is 12.8. The van der Waals surface area contributed by atoms with Gasteiger partial charge in [-0.3, -0.25) is 0 Å². The summed E-state index contributed by atoms with van der Waals surface area (Å²) in [7, 11) is 0. The van der Waals surface area contributed by atoms with E-state index >= 15 is 0 Å². The van der Waals surface area contributed by atoms with Gasteiger partial charge < -0.3 is 4.74 Å². The van der Waals surface area contributed by atoms with Crippen molar-refractivity contribution in [2.45, 2.75) is 9.79 Å². The summed E-state index contributed by atoms with van der Waals surface area (Å²) < 4.78 is 4.82. The monoisotopic (exact) mass is 278 g/mol. The van der Waals surface area contributed by atoms with E-state index in [0.29, 0.717) is 5.56 Å². The molecule has 92 valence electrons. The Morgan fingerprint density at radius 1 is 1.06 bits per heavy atom. The first-order valence-electron chi connectivity index (χ1n) is 5.36. The minimum Gasteiger partial charge on any atom is -0.446 e. The third-order valence-corrected chi connectivity index (χ3v) is 3.46. The number of hydrogen-bond acceptors (Lipinski definition) is 3. The summed E-state index contributed by atoms with van der Waals surface area (Å²) in [5, 5.41) is 0. The van der Waals surface area contributed by atoms with Crippen LogP contribution in [-0.4, -0.2) is 12.0 Å². The first-order valence-corrected chi connectivity index (χ1v) is 6.71. The molecule has 0 N–H and O–H groups in total. The van der Waals surface area contributed by atoms with Gasteiger partial charge in [-0.05, 0) is 24.3 Å². The lowest BCUT2D eigenvalue weighted by atomic mass is 10.2. The molecular weight excluding hydrogens is 268 g/mol. The molecule has 2 nitrogen and oxygen atoms in total. The fraction of sp³-hybridized carbons (Fsp3) is 0.0714. The van der Waals surface area contributed by atoms with E-state index in [1.54, 1.807) is 12.1 Å². The predicted molar refractivity (Wildman–Crippen MR) is 73.1 cm³/mol. The van der Waals surface area contributed by atoms with Crippen molar-refractivity contribution in [1.29, 1.82) is 0 Å². The molecule has 0 aliphatic heterocycles. The highest BCUT2D eigenvalue weighted by Gasteiger charge is 2.12. The molecule has 0 saturated carbocycles. The molecule has 0 unspecified atom stereocenters. The van der Waals surface area contributed by atoms with Crippen molar-refractivity contribution in [3.05, 3.63) is 60.2 Å². The highest BCUT2D eigenvalue weighted by molar-refractivity contribution is 7.99. The highest BCUT2D eigenvalue weighted by Crippen LogP contribution is 2.30.